The van der Waals surface area contributed by atoms with E-state index in [9.17, 15) is 0 Å². The van der Waals surface area contributed by atoms with E-state index >= 15 is 0 Å². The summed E-state index contributed by atoms with van der Waals surface area (Å²) in [5.41, 5.74) is 3.06. The van der Waals surface area contributed by atoms with Crippen molar-refractivity contribution in [3.63, 3.8) is 0 Å². The number of hydrogen-bond acceptors (Lipinski definition) is 4. The quantitative estimate of drug-likeness (QED) is 0.922. The highest BCUT2D eigenvalue weighted by Gasteiger charge is 2.14. The van der Waals surface area contributed by atoms with E-state index in [2.05, 4.69) is 23.3 Å². The summed E-state index contributed by atoms with van der Waals surface area (Å²) in [6, 6.07) is 6.67. The van der Waals surface area contributed by atoms with Gasteiger partial charge in [0.25, 0.3) is 0 Å². The maximum Gasteiger partial charge on any atom is 0.209 e. The van der Waals surface area contributed by atoms with Gasteiger partial charge in [-0.3, -0.25) is 0 Å². The smallest absolute Gasteiger partial charge is 0.209 e. The first-order valence-corrected chi connectivity index (χ1v) is 7.64. The van der Waals surface area contributed by atoms with Crippen molar-refractivity contribution in [1.29, 1.82) is 0 Å². The van der Waals surface area contributed by atoms with E-state index in [1.807, 2.05) is 23.9 Å². The van der Waals surface area contributed by atoms with Crippen molar-refractivity contribution in [2.75, 3.05) is 11.5 Å². The van der Waals surface area contributed by atoms with E-state index in [4.69, 9.17) is 4.42 Å². The van der Waals surface area contributed by atoms with E-state index in [1.54, 1.807) is 0 Å². The third kappa shape index (κ3) is 2.54. The van der Waals surface area contributed by atoms with E-state index in [1.165, 1.54) is 29.9 Å². The zero-order valence-electron chi connectivity index (χ0n) is 10.6. The van der Waals surface area contributed by atoms with Crippen LogP contribution in [0.2, 0.25) is 0 Å². The van der Waals surface area contributed by atoms with E-state index in [0.717, 1.165) is 23.5 Å². The second kappa shape index (κ2) is 5.33. The molecule has 96 valence electrons. The van der Waals surface area contributed by atoms with Gasteiger partial charge in [0, 0.05) is 11.8 Å². The molecule has 1 aromatic carbocycles. The van der Waals surface area contributed by atoms with Crippen molar-refractivity contribution < 1.29 is 4.42 Å². The summed E-state index contributed by atoms with van der Waals surface area (Å²) in [4.78, 5) is 4.56. The predicted molar refractivity (Wildman–Crippen MR) is 75.9 cm³/mol. The topological polar surface area (TPSA) is 38.1 Å². The Morgan fingerprint density at radius 2 is 2.44 bits per heavy atom. The number of nitrogens with zero attached hydrogens (tertiary/aromatic N) is 1. The Labute approximate surface area is 111 Å². The standard InChI is InChI=1S/C14H18N2OS/c1-10-4-2-6-12-14(10)16-13(17-12)8-15-11-5-3-7-18-9-11/h2,4,6,11,15H,3,5,7-9H2,1H3. The molecule has 4 heteroatoms. The number of nitrogens with one attached hydrogen (secondary N) is 1. The van der Waals surface area contributed by atoms with Crippen molar-refractivity contribution in [2.24, 2.45) is 0 Å². The van der Waals surface area contributed by atoms with Crippen molar-refractivity contribution in [3.05, 3.63) is 29.7 Å². The molecule has 0 bridgehead atoms. The molecule has 0 radical (unpaired) electrons. The van der Waals surface area contributed by atoms with Gasteiger partial charge in [0.2, 0.25) is 5.89 Å². The van der Waals surface area contributed by atoms with Crippen LogP contribution in [0.15, 0.2) is 22.6 Å². The summed E-state index contributed by atoms with van der Waals surface area (Å²) in [5.74, 6) is 3.31. The van der Waals surface area contributed by atoms with Crippen molar-refractivity contribution in [1.82, 2.24) is 10.3 Å². The van der Waals surface area contributed by atoms with E-state index < -0.39 is 0 Å². The highest BCUT2D eigenvalue weighted by Crippen LogP contribution is 2.20. The maximum absolute atomic E-state index is 5.76. The van der Waals surface area contributed by atoms with Crippen LogP contribution in [-0.2, 0) is 6.54 Å². The van der Waals surface area contributed by atoms with Crippen LogP contribution < -0.4 is 5.32 Å². The normalized spacial score (nSPS) is 20.4. The van der Waals surface area contributed by atoms with Gasteiger partial charge in [-0.2, -0.15) is 11.8 Å². The molecule has 3 nitrogen and oxygen atoms in total. The third-order valence-corrected chi connectivity index (χ3v) is 4.58. The molecule has 1 unspecified atom stereocenters. The summed E-state index contributed by atoms with van der Waals surface area (Å²) in [6.45, 7) is 2.80. The van der Waals surface area contributed by atoms with Crippen LogP contribution in [0.25, 0.3) is 11.1 Å². The predicted octanol–water partition coefficient (Wildman–Crippen LogP) is 3.12. The van der Waals surface area contributed by atoms with Crippen LogP contribution in [-0.4, -0.2) is 22.5 Å². The average molecular weight is 262 g/mol. The summed E-state index contributed by atoms with van der Waals surface area (Å²) in [6.07, 6.45) is 2.58. The number of aromatic nitrogens is 1. The number of aryl methyl sites for hydroxylation is 1. The van der Waals surface area contributed by atoms with Crippen LogP contribution in [0.5, 0.6) is 0 Å². The lowest BCUT2D eigenvalue weighted by Gasteiger charge is -2.21. The second-order valence-corrected chi connectivity index (χ2v) is 5.97. The molecule has 1 aliphatic rings. The van der Waals surface area contributed by atoms with Crippen LogP contribution >= 0.6 is 11.8 Å². The van der Waals surface area contributed by atoms with Crippen molar-refractivity contribution in [2.45, 2.75) is 32.4 Å². The summed E-state index contributed by atoms with van der Waals surface area (Å²) >= 11 is 2.03. The molecule has 1 fully saturated rings. The van der Waals surface area contributed by atoms with Crippen molar-refractivity contribution in [3.8, 4) is 0 Å². The van der Waals surface area contributed by atoms with Gasteiger partial charge in [-0.15, -0.1) is 0 Å². The molecule has 1 aromatic heterocycles. The first kappa shape index (κ1) is 12.1. The number of fused-ring (bicyclic) bond motifs is 1. The van der Waals surface area contributed by atoms with Crippen LogP contribution in [0, 0.1) is 6.92 Å². The van der Waals surface area contributed by atoms with Crippen molar-refractivity contribution >= 4 is 22.9 Å². The van der Waals surface area contributed by atoms with Gasteiger partial charge < -0.3 is 9.73 Å². The summed E-state index contributed by atoms with van der Waals surface area (Å²) < 4.78 is 5.76. The molecule has 1 saturated heterocycles. The van der Waals surface area contributed by atoms with Gasteiger partial charge in [-0.25, -0.2) is 4.98 Å². The van der Waals surface area contributed by atoms with Crippen LogP contribution in [0.1, 0.15) is 24.3 Å². The Balaban J connectivity index is 1.69. The lowest BCUT2D eigenvalue weighted by molar-refractivity contribution is 0.445. The molecule has 0 spiro atoms. The number of oxazole rings is 1. The fourth-order valence-electron chi connectivity index (χ4n) is 2.34. The summed E-state index contributed by atoms with van der Waals surface area (Å²) in [5, 5.41) is 3.54. The number of para-hydroxylation sites is 1. The molecule has 3 rings (SSSR count). The highest BCUT2D eigenvalue weighted by molar-refractivity contribution is 7.99. The van der Waals surface area contributed by atoms with Gasteiger partial charge in [0.05, 0.1) is 6.54 Å². The minimum absolute atomic E-state index is 0.611. The fourth-order valence-corrected chi connectivity index (χ4v) is 3.45. The van der Waals surface area contributed by atoms with Gasteiger partial charge in [-0.05, 0) is 37.1 Å². The minimum atomic E-state index is 0.611. The Bertz CT molecular complexity index is 532. The maximum atomic E-state index is 5.76. The largest absolute Gasteiger partial charge is 0.439 e. The zero-order chi connectivity index (χ0) is 12.4. The van der Waals surface area contributed by atoms with Gasteiger partial charge in [-0.1, -0.05) is 12.1 Å². The Kier molecular flexibility index (Phi) is 3.57. The second-order valence-electron chi connectivity index (χ2n) is 4.82. The molecular formula is C14H18N2OS. The first-order chi connectivity index (χ1) is 8.83. The molecule has 1 N–H and O–H groups in total. The molecule has 0 aliphatic carbocycles. The molecule has 2 heterocycles. The SMILES string of the molecule is Cc1cccc2oc(CNC3CCCSC3)nc12. The summed E-state index contributed by atoms with van der Waals surface area (Å²) in [7, 11) is 0. The third-order valence-electron chi connectivity index (χ3n) is 3.37. The van der Waals surface area contributed by atoms with Crippen LogP contribution in [0.4, 0.5) is 0 Å². The molecule has 18 heavy (non-hydrogen) atoms. The number of thioether (sulfide) groups is 1. The van der Waals surface area contributed by atoms with E-state index in [-0.39, 0.29) is 0 Å². The zero-order valence-corrected chi connectivity index (χ0v) is 11.4. The van der Waals surface area contributed by atoms with Gasteiger partial charge in [0.15, 0.2) is 5.58 Å². The molecular weight excluding hydrogens is 244 g/mol. The number of rotatable bonds is 3. The molecule has 0 saturated carbocycles. The monoisotopic (exact) mass is 262 g/mol. The Morgan fingerprint density at radius 1 is 1.50 bits per heavy atom. The number of benzene rings is 1. The fraction of sp³-hybridized carbons (Fsp3) is 0.500. The molecule has 1 atom stereocenters. The first-order valence-electron chi connectivity index (χ1n) is 6.49. The van der Waals surface area contributed by atoms with Crippen LogP contribution in [0.3, 0.4) is 0 Å². The van der Waals surface area contributed by atoms with E-state index in [0.29, 0.717) is 6.04 Å². The Hall–Kier alpha value is -1.00. The minimum Gasteiger partial charge on any atom is -0.439 e. The Morgan fingerprint density at radius 3 is 3.22 bits per heavy atom. The average Bonchev–Trinajstić information content (AvgIpc) is 2.82. The lowest BCUT2D eigenvalue weighted by Crippen LogP contribution is -2.33. The van der Waals surface area contributed by atoms with Gasteiger partial charge >= 0.3 is 0 Å². The molecule has 2 aromatic rings. The lowest BCUT2D eigenvalue weighted by atomic mass is 10.2. The molecule has 1 aliphatic heterocycles. The van der Waals surface area contributed by atoms with Gasteiger partial charge in [0.1, 0.15) is 5.52 Å². The molecule has 0 amide bonds. The number of hydrogen-bond donors (Lipinski definition) is 1. The highest BCUT2D eigenvalue weighted by atomic mass is 32.2.